The average molecular weight is 336 g/mol. The van der Waals surface area contributed by atoms with E-state index in [9.17, 15) is 26.7 Å². The number of allylic oxidation sites excluding steroid dienone is 1. The fraction of sp³-hybridized carbons (Fsp3) is 0.286. The standard InChI is InChI=1S/C14H13F5N2O2/c1-2-23-13(22)9(10(20)12(15)16)11(14(17,18)19)21-8-6-4-3-5-7-8/h3-7,12,20-21H,2H2,1H3/b11-9+,20-10?. The molecule has 1 aromatic carbocycles. The molecule has 0 atom stereocenters. The summed E-state index contributed by atoms with van der Waals surface area (Å²) < 4.78 is 69.4. The van der Waals surface area contributed by atoms with Crippen LogP contribution in [0.1, 0.15) is 6.92 Å². The molecule has 0 radical (unpaired) electrons. The highest BCUT2D eigenvalue weighted by atomic mass is 19.4. The van der Waals surface area contributed by atoms with Crippen LogP contribution in [0.2, 0.25) is 0 Å². The highest BCUT2D eigenvalue weighted by Crippen LogP contribution is 2.31. The van der Waals surface area contributed by atoms with Gasteiger partial charge in [-0.25, -0.2) is 13.6 Å². The van der Waals surface area contributed by atoms with Gasteiger partial charge in [-0.3, -0.25) is 5.41 Å². The zero-order valence-corrected chi connectivity index (χ0v) is 11.9. The van der Waals surface area contributed by atoms with E-state index in [1.807, 2.05) is 5.32 Å². The number of para-hydroxylation sites is 1. The van der Waals surface area contributed by atoms with Crippen LogP contribution in [0.3, 0.4) is 0 Å². The molecule has 0 aliphatic rings. The molecule has 1 aromatic rings. The maximum absolute atomic E-state index is 13.2. The first-order valence-electron chi connectivity index (χ1n) is 6.36. The van der Waals surface area contributed by atoms with Crippen molar-refractivity contribution in [3.05, 3.63) is 41.6 Å². The molecule has 0 amide bonds. The largest absolute Gasteiger partial charge is 0.462 e. The maximum Gasteiger partial charge on any atom is 0.432 e. The molecule has 1 rings (SSSR count). The summed E-state index contributed by atoms with van der Waals surface area (Å²) in [6.07, 6.45) is -8.73. The van der Waals surface area contributed by atoms with E-state index in [0.29, 0.717) is 0 Å². The van der Waals surface area contributed by atoms with Crippen molar-refractivity contribution in [2.75, 3.05) is 11.9 Å². The molecule has 0 aromatic heterocycles. The number of carbonyl (C=O) groups is 1. The third-order valence-electron chi connectivity index (χ3n) is 2.54. The number of esters is 1. The Labute approximate surface area is 128 Å². The van der Waals surface area contributed by atoms with Gasteiger partial charge in [0, 0.05) is 5.69 Å². The summed E-state index contributed by atoms with van der Waals surface area (Å²) in [6, 6.07) is 6.87. The number of carbonyl (C=O) groups excluding carboxylic acids is 1. The van der Waals surface area contributed by atoms with E-state index in [2.05, 4.69) is 4.74 Å². The fourth-order valence-corrected chi connectivity index (χ4v) is 1.60. The van der Waals surface area contributed by atoms with Crippen LogP contribution < -0.4 is 5.32 Å². The third kappa shape index (κ3) is 5.04. The van der Waals surface area contributed by atoms with E-state index in [-0.39, 0.29) is 12.3 Å². The van der Waals surface area contributed by atoms with Gasteiger partial charge in [0.15, 0.2) is 0 Å². The molecule has 2 N–H and O–H groups in total. The van der Waals surface area contributed by atoms with Gasteiger partial charge < -0.3 is 10.1 Å². The molecular weight excluding hydrogens is 323 g/mol. The zero-order valence-electron chi connectivity index (χ0n) is 11.9. The second-order valence-electron chi connectivity index (χ2n) is 4.17. The van der Waals surface area contributed by atoms with Gasteiger partial charge in [-0.2, -0.15) is 13.2 Å². The van der Waals surface area contributed by atoms with Crippen LogP contribution in [0.4, 0.5) is 27.6 Å². The van der Waals surface area contributed by atoms with E-state index in [1.54, 1.807) is 0 Å². The lowest BCUT2D eigenvalue weighted by Crippen LogP contribution is -2.31. The van der Waals surface area contributed by atoms with Crippen molar-refractivity contribution >= 4 is 17.4 Å². The predicted molar refractivity (Wildman–Crippen MR) is 73.5 cm³/mol. The van der Waals surface area contributed by atoms with Gasteiger partial charge in [-0.1, -0.05) is 18.2 Å². The Hall–Kier alpha value is -2.45. The molecule has 0 aliphatic carbocycles. The molecule has 0 saturated heterocycles. The number of hydrogen-bond donors (Lipinski definition) is 2. The summed E-state index contributed by atoms with van der Waals surface area (Å²) >= 11 is 0. The molecule has 4 nitrogen and oxygen atoms in total. The van der Waals surface area contributed by atoms with Gasteiger partial charge in [-0.15, -0.1) is 0 Å². The molecule has 0 heterocycles. The minimum absolute atomic E-state index is 0.0799. The lowest BCUT2D eigenvalue weighted by Gasteiger charge is -2.19. The minimum Gasteiger partial charge on any atom is -0.462 e. The monoisotopic (exact) mass is 336 g/mol. The molecule has 0 saturated carbocycles. The number of benzene rings is 1. The summed E-state index contributed by atoms with van der Waals surface area (Å²) in [5.74, 6) is -1.64. The van der Waals surface area contributed by atoms with Crippen LogP contribution in [-0.4, -0.2) is 30.9 Å². The van der Waals surface area contributed by atoms with Crippen molar-refractivity contribution in [1.82, 2.24) is 0 Å². The van der Waals surface area contributed by atoms with E-state index in [0.717, 1.165) is 0 Å². The van der Waals surface area contributed by atoms with E-state index >= 15 is 0 Å². The van der Waals surface area contributed by atoms with Gasteiger partial charge in [0.2, 0.25) is 0 Å². The number of rotatable bonds is 6. The molecule has 0 aliphatic heterocycles. The number of hydrogen-bond acceptors (Lipinski definition) is 4. The Morgan fingerprint density at radius 1 is 1.26 bits per heavy atom. The molecule has 126 valence electrons. The fourth-order valence-electron chi connectivity index (χ4n) is 1.60. The van der Waals surface area contributed by atoms with E-state index < -0.39 is 35.6 Å². The van der Waals surface area contributed by atoms with Gasteiger partial charge in [-0.05, 0) is 19.1 Å². The van der Waals surface area contributed by atoms with Crippen LogP contribution in [-0.2, 0) is 9.53 Å². The molecule has 9 heteroatoms. The normalized spacial score (nSPS) is 12.7. The van der Waals surface area contributed by atoms with Crippen molar-refractivity contribution in [3.63, 3.8) is 0 Å². The molecule has 0 fully saturated rings. The molecule has 23 heavy (non-hydrogen) atoms. The van der Waals surface area contributed by atoms with Crippen LogP contribution in [0, 0.1) is 5.41 Å². The first-order valence-corrected chi connectivity index (χ1v) is 6.36. The van der Waals surface area contributed by atoms with Gasteiger partial charge in [0.1, 0.15) is 17.0 Å². The van der Waals surface area contributed by atoms with Crippen molar-refractivity contribution < 1.29 is 31.5 Å². The lowest BCUT2D eigenvalue weighted by atomic mass is 10.1. The van der Waals surface area contributed by atoms with Crippen molar-refractivity contribution in [1.29, 1.82) is 5.41 Å². The smallest absolute Gasteiger partial charge is 0.432 e. The van der Waals surface area contributed by atoms with Crippen molar-refractivity contribution in [3.8, 4) is 0 Å². The van der Waals surface area contributed by atoms with Gasteiger partial charge in [0.05, 0.1) is 6.61 Å². The highest BCUT2D eigenvalue weighted by molar-refractivity contribution is 6.20. The maximum atomic E-state index is 13.2. The molecule has 0 unspecified atom stereocenters. The second-order valence-corrected chi connectivity index (χ2v) is 4.17. The van der Waals surface area contributed by atoms with Crippen LogP contribution >= 0.6 is 0 Å². The minimum atomic E-state index is -5.17. The number of nitrogens with one attached hydrogen (secondary N) is 2. The summed E-state index contributed by atoms with van der Waals surface area (Å²) in [7, 11) is 0. The number of ether oxygens (including phenoxy) is 1. The summed E-state index contributed by atoms with van der Waals surface area (Å²) in [6.45, 7) is 0.981. The Morgan fingerprint density at radius 3 is 2.26 bits per heavy atom. The summed E-state index contributed by atoms with van der Waals surface area (Å²) in [4.78, 5) is 11.7. The third-order valence-corrected chi connectivity index (χ3v) is 2.54. The SMILES string of the molecule is CCOC(=O)/C(C(=N)C(F)F)=C(/Nc1ccccc1)C(F)(F)F. The van der Waals surface area contributed by atoms with Crippen LogP contribution in [0.5, 0.6) is 0 Å². The molecule has 0 bridgehead atoms. The van der Waals surface area contributed by atoms with E-state index in [1.165, 1.54) is 37.3 Å². The number of anilines is 1. The van der Waals surface area contributed by atoms with Crippen LogP contribution in [0.25, 0.3) is 0 Å². The van der Waals surface area contributed by atoms with Crippen molar-refractivity contribution in [2.24, 2.45) is 0 Å². The summed E-state index contributed by atoms with van der Waals surface area (Å²) in [5, 5.41) is 9.01. The highest BCUT2D eigenvalue weighted by Gasteiger charge is 2.42. The Morgan fingerprint density at radius 2 is 1.83 bits per heavy atom. The zero-order chi connectivity index (χ0) is 17.6. The molecule has 0 spiro atoms. The Bertz CT molecular complexity index is 597. The first-order chi connectivity index (χ1) is 10.7. The lowest BCUT2D eigenvalue weighted by molar-refractivity contribution is -0.139. The molecular formula is C14H13F5N2O2. The van der Waals surface area contributed by atoms with Gasteiger partial charge in [0.25, 0.3) is 6.43 Å². The second kappa shape index (κ2) is 7.70. The number of alkyl halides is 5. The van der Waals surface area contributed by atoms with Crippen LogP contribution in [0.15, 0.2) is 41.6 Å². The number of halogens is 5. The predicted octanol–water partition coefficient (Wildman–Crippen LogP) is 3.76. The topological polar surface area (TPSA) is 62.2 Å². The first kappa shape index (κ1) is 18.6. The quantitative estimate of drug-likeness (QED) is 0.360. The van der Waals surface area contributed by atoms with Gasteiger partial charge >= 0.3 is 12.1 Å². The van der Waals surface area contributed by atoms with E-state index in [4.69, 9.17) is 5.41 Å². The Kier molecular flexibility index (Phi) is 6.23. The Balaban J connectivity index is 3.46. The summed E-state index contributed by atoms with van der Waals surface area (Å²) in [5.41, 5.74) is -5.16. The average Bonchev–Trinajstić information content (AvgIpc) is 2.46. The van der Waals surface area contributed by atoms with Crippen molar-refractivity contribution in [2.45, 2.75) is 19.5 Å².